The lowest BCUT2D eigenvalue weighted by atomic mass is 10.2. The molecule has 0 bridgehead atoms. The summed E-state index contributed by atoms with van der Waals surface area (Å²) in [6.45, 7) is 1.68. The molecule has 0 fully saturated rings. The van der Waals surface area contributed by atoms with Crippen LogP contribution in [-0.4, -0.2) is 18.6 Å². The number of anilines is 1. The zero-order valence-electron chi connectivity index (χ0n) is 12.0. The van der Waals surface area contributed by atoms with Crippen LogP contribution < -0.4 is 4.72 Å². The largest absolute Gasteiger partial charge is 0.421 e. The van der Waals surface area contributed by atoms with Crippen LogP contribution in [0.2, 0.25) is 5.02 Å². The molecule has 0 aliphatic rings. The van der Waals surface area contributed by atoms with Crippen LogP contribution in [0.25, 0.3) is 11.5 Å². The van der Waals surface area contributed by atoms with Gasteiger partial charge in [-0.2, -0.15) is 0 Å². The first-order chi connectivity index (χ1) is 10.9. The van der Waals surface area contributed by atoms with Crippen molar-refractivity contribution in [1.29, 1.82) is 0 Å². The van der Waals surface area contributed by atoms with E-state index in [4.69, 9.17) is 16.0 Å². The Morgan fingerprint density at radius 1 is 1.09 bits per heavy atom. The van der Waals surface area contributed by atoms with Crippen molar-refractivity contribution in [2.24, 2.45) is 0 Å². The molecule has 118 valence electrons. The van der Waals surface area contributed by atoms with E-state index in [0.717, 1.165) is 0 Å². The minimum absolute atomic E-state index is 0.0871. The van der Waals surface area contributed by atoms with Crippen LogP contribution >= 0.6 is 11.6 Å². The van der Waals surface area contributed by atoms with Gasteiger partial charge >= 0.3 is 0 Å². The van der Waals surface area contributed by atoms with Crippen LogP contribution in [0.5, 0.6) is 0 Å². The standard InChI is InChI=1S/C15H12ClN3O3S/c1-10-17-18-15(22-10)11-4-2-6-13(8-11)19-23(20,21)14-7-3-5-12(16)9-14/h2-9,19H,1H3. The molecule has 3 rings (SSSR count). The number of hydrogen-bond acceptors (Lipinski definition) is 5. The number of aromatic nitrogens is 2. The topological polar surface area (TPSA) is 85.1 Å². The van der Waals surface area contributed by atoms with Crippen molar-refractivity contribution in [1.82, 2.24) is 10.2 Å². The SMILES string of the molecule is Cc1nnc(-c2cccc(NS(=O)(=O)c3cccc(Cl)c3)c2)o1. The fourth-order valence-electron chi connectivity index (χ4n) is 1.98. The van der Waals surface area contributed by atoms with Gasteiger partial charge in [0.05, 0.1) is 4.90 Å². The minimum Gasteiger partial charge on any atom is -0.421 e. The molecule has 3 aromatic rings. The van der Waals surface area contributed by atoms with Gasteiger partial charge in [0.15, 0.2) is 0 Å². The molecular formula is C15H12ClN3O3S. The normalized spacial score (nSPS) is 11.4. The van der Waals surface area contributed by atoms with Crippen LogP contribution in [0, 0.1) is 6.92 Å². The molecule has 0 spiro atoms. The van der Waals surface area contributed by atoms with Crippen LogP contribution in [0.4, 0.5) is 5.69 Å². The Morgan fingerprint density at radius 3 is 2.57 bits per heavy atom. The highest BCUT2D eigenvalue weighted by atomic mass is 35.5. The van der Waals surface area contributed by atoms with Crippen molar-refractivity contribution in [3.05, 3.63) is 59.4 Å². The highest BCUT2D eigenvalue weighted by Crippen LogP contribution is 2.24. The van der Waals surface area contributed by atoms with Crippen LogP contribution in [0.3, 0.4) is 0 Å². The number of benzene rings is 2. The van der Waals surface area contributed by atoms with Crippen molar-refractivity contribution in [3.8, 4) is 11.5 Å². The van der Waals surface area contributed by atoms with Crippen molar-refractivity contribution >= 4 is 27.3 Å². The summed E-state index contributed by atoms with van der Waals surface area (Å²) in [5.41, 5.74) is 1.01. The molecule has 0 aliphatic heterocycles. The van der Waals surface area contributed by atoms with E-state index in [-0.39, 0.29) is 4.90 Å². The molecule has 0 amide bonds. The third-order valence-electron chi connectivity index (χ3n) is 2.99. The van der Waals surface area contributed by atoms with E-state index in [2.05, 4.69) is 14.9 Å². The molecule has 0 atom stereocenters. The average Bonchev–Trinajstić information content (AvgIpc) is 2.94. The molecule has 8 heteroatoms. The smallest absolute Gasteiger partial charge is 0.261 e. The summed E-state index contributed by atoms with van der Waals surface area (Å²) in [5, 5.41) is 8.02. The van der Waals surface area contributed by atoms with Gasteiger partial charge in [0, 0.05) is 23.2 Å². The van der Waals surface area contributed by atoms with Crippen molar-refractivity contribution in [3.63, 3.8) is 0 Å². The first kappa shape index (κ1) is 15.5. The molecule has 0 saturated carbocycles. The second-order valence-corrected chi connectivity index (χ2v) is 6.89. The second kappa shape index (κ2) is 6.02. The molecule has 1 heterocycles. The molecule has 0 saturated heterocycles. The molecule has 23 heavy (non-hydrogen) atoms. The molecule has 0 aliphatic carbocycles. The Balaban J connectivity index is 1.91. The molecule has 6 nitrogen and oxygen atoms in total. The van der Waals surface area contributed by atoms with E-state index in [1.807, 2.05) is 0 Å². The van der Waals surface area contributed by atoms with Gasteiger partial charge in [0.25, 0.3) is 10.0 Å². The van der Waals surface area contributed by atoms with Crippen molar-refractivity contribution < 1.29 is 12.8 Å². The van der Waals surface area contributed by atoms with Gasteiger partial charge in [-0.05, 0) is 36.4 Å². The summed E-state index contributed by atoms with van der Waals surface area (Å²) >= 11 is 5.84. The lowest BCUT2D eigenvalue weighted by Gasteiger charge is -2.09. The predicted octanol–water partition coefficient (Wildman–Crippen LogP) is 3.50. The number of rotatable bonds is 4. The number of halogens is 1. The molecule has 0 radical (unpaired) electrons. The van der Waals surface area contributed by atoms with E-state index in [9.17, 15) is 8.42 Å². The molecule has 0 unspecified atom stereocenters. The van der Waals surface area contributed by atoms with E-state index in [1.165, 1.54) is 12.1 Å². The maximum atomic E-state index is 12.4. The third-order valence-corrected chi connectivity index (χ3v) is 4.61. The Bertz CT molecular complexity index is 954. The number of nitrogens with zero attached hydrogens (tertiary/aromatic N) is 2. The van der Waals surface area contributed by atoms with E-state index < -0.39 is 10.0 Å². The average molecular weight is 350 g/mol. The van der Waals surface area contributed by atoms with Crippen molar-refractivity contribution in [2.75, 3.05) is 4.72 Å². The summed E-state index contributed by atoms with van der Waals surface area (Å²) in [5.74, 6) is 0.760. The van der Waals surface area contributed by atoms with Gasteiger partial charge in [-0.25, -0.2) is 8.42 Å². The Hall–Kier alpha value is -2.38. The van der Waals surface area contributed by atoms with Crippen LogP contribution in [0.1, 0.15) is 5.89 Å². The summed E-state index contributed by atoms with van der Waals surface area (Å²) in [4.78, 5) is 0.0871. The molecule has 1 aromatic heterocycles. The fraction of sp³-hybridized carbons (Fsp3) is 0.0667. The van der Waals surface area contributed by atoms with Gasteiger partial charge in [0.1, 0.15) is 0 Å². The van der Waals surface area contributed by atoms with E-state index in [1.54, 1.807) is 43.3 Å². The summed E-state index contributed by atoms with van der Waals surface area (Å²) in [6.07, 6.45) is 0. The highest BCUT2D eigenvalue weighted by molar-refractivity contribution is 7.92. The predicted molar refractivity (Wildman–Crippen MR) is 86.7 cm³/mol. The first-order valence-electron chi connectivity index (χ1n) is 6.63. The fourth-order valence-corrected chi connectivity index (χ4v) is 3.33. The van der Waals surface area contributed by atoms with Gasteiger partial charge in [-0.15, -0.1) is 10.2 Å². The summed E-state index contributed by atoms with van der Waals surface area (Å²) in [7, 11) is -3.73. The molecular weight excluding hydrogens is 338 g/mol. The van der Waals surface area contributed by atoms with Gasteiger partial charge in [0.2, 0.25) is 11.8 Å². The van der Waals surface area contributed by atoms with Crippen LogP contribution in [-0.2, 0) is 10.0 Å². The van der Waals surface area contributed by atoms with Gasteiger partial charge < -0.3 is 4.42 Å². The number of nitrogens with one attached hydrogen (secondary N) is 1. The molecule has 2 aromatic carbocycles. The van der Waals surface area contributed by atoms with Crippen LogP contribution in [0.15, 0.2) is 57.8 Å². The maximum Gasteiger partial charge on any atom is 0.261 e. The number of sulfonamides is 1. The third kappa shape index (κ3) is 3.52. The zero-order chi connectivity index (χ0) is 16.4. The Labute approximate surface area is 138 Å². The highest BCUT2D eigenvalue weighted by Gasteiger charge is 2.15. The Morgan fingerprint density at radius 2 is 1.87 bits per heavy atom. The van der Waals surface area contributed by atoms with Gasteiger partial charge in [-0.3, -0.25) is 4.72 Å². The number of aryl methyl sites for hydroxylation is 1. The summed E-state index contributed by atoms with van der Waals surface area (Å²) in [6, 6.07) is 12.8. The monoisotopic (exact) mass is 349 g/mol. The first-order valence-corrected chi connectivity index (χ1v) is 8.49. The lowest BCUT2D eigenvalue weighted by Crippen LogP contribution is -2.12. The number of hydrogen-bond donors (Lipinski definition) is 1. The second-order valence-electron chi connectivity index (χ2n) is 4.77. The van der Waals surface area contributed by atoms with Gasteiger partial charge in [-0.1, -0.05) is 23.7 Å². The Kier molecular flexibility index (Phi) is 4.06. The lowest BCUT2D eigenvalue weighted by molar-refractivity contribution is 0.533. The quantitative estimate of drug-likeness (QED) is 0.779. The van der Waals surface area contributed by atoms with Crippen molar-refractivity contribution in [2.45, 2.75) is 11.8 Å². The minimum atomic E-state index is -3.73. The zero-order valence-corrected chi connectivity index (χ0v) is 13.6. The summed E-state index contributed by atoms with van der Waals surface area (Å²) < 4.78 is 32.6. The van der Waals surface area contributed by atoms with E-state index in [0.29, 0.717) is 28.1 Å². The van der Waals surface area contributed by atoms with E-state index >= 15 is 0 Å². The molecule has 1 N–H and O–H groups in total. The maximum absolute atomic E-state index is 12.4.